The Balaban J connectivity index is 1.76. The summed E-state index contributed by atoms with van der Waals surface area (Å²) in [7, 11) is 5.01. The molecule has 2 aromatic carbocycles. The molecule has 0 aliphatic rings. The van der Waals surface area contributed by atoms with Crippen LogP contribution < -0.4 is 31.4 Å². The Morgan fingerprint density at radius 1 is 0.676 bits per heavy atom. The summed E-state index contributed by atoms with van der Waals surface area (Å²) >= 11 is 6.21. The molecule has 0 aliphatic heterocycles. The van der Waals surface area contributed by atoms with Gasteiger partial charge < -0.3 is 23.2 Å². The molecule has 8 heteroatoms. The van der Waals surface area contributed by atoms with E-state index in [1.807, 2.05) is 111 Å². The highest BCUT2D eigenvalue weighted by Gasteiger charge is 2.34. The summed E-state index contributed by atoms with van der Waals surface area (Å²) in [6.45, 7) is 0. The van der Waals surface area contributed by atoms with E-state index >= 15 is 0 Å². The largest absolute Gasteiger partial charge is 0.463 e. The second-order valence-corrected chi connectivity index (χ2v) is 16.3. The van der Waals surface area contributed by atoms with Crippen LogP contribution in [0.5, 0.6) is 0 Å². The maximum Gasteiger partial charge on any atom is 0.143 e. The highest BCUT2D eigenvalue weighted by atomic mass is 32.4. The van der Waals surface area contributed by atoms with Crippen LogP contribution in [-0.4, -0.2) is 40.5 Å². The van der Waals surface area contributed by atoms with Gasteiger partial charge in [-0.15, -0.1) is 0 Å². The molecule has 4 aromatic rings. The van der Waals surface area contributed by atoms with E-state index in [1.54, 1.807) is 12.5 Å². The second kappa shape index (κ2) is 10.00. The van der Waals surface area contributed by atoms with Gasteiger partial charge in [-0.25, -0.2) is 0 Å². The lowest BCUT2D eigenvalue weighted by Gasteiger charge is -2.25. The van der Waals surface area contributed by atoms with E-state index in [2.05, 4.69) is 0 Å². The highest BCUT2D eigenvalue weighted by Crippen LogP contribution is 2.51. The van der Waals surface area contributed by atoms with Crippen molar-refractivity contribution in [3.05, 3.63) is 85.3 Å². The van der Waals surface area contributed by atoms with Crippen molar-refractivity contribution in [2.75, 3.05) is 50.3 Å². The van der Waals surface area contributed by atoms with Gasteiger partial charge in [-0.1, -0.05) is 11.8 Å². The van der Waals surface area contributed by atoms with Crippen LogP contribution in [-0.2, 0) is 16.4 Å². The molecule has 34 heavy (non-hydrogen) atoms. The Kier molecular flexibility index (Phi) is 7.23. The Bertz CT molecular complexity index is 1200. The Morgan fingerprint density at radius 3 is 1.41 bits per heavy atom. The van der Waals surface area contributed by atoms with E-state index in [-0.39, 0.29) is 0 Å². The first-order valence-electron chi connectivity index (χ1n) is 11.1. The van der Waals surface area contributed by atoms with Gasteiger partial charge in [0.05, 0.1) is 18.6 Å². The number of benzene rings is 2. The van der Waals surface area contributed by atoms with E-state index in [9.17, 15) is 4.57 Å². The molecular weight excluding hydrogens is 482 g/mol. The average Bonchev–Trinajstić information content (AvgIpc) is 3.58. The molecule has 0 aliphatic carbocycles. The minimum atomic E-state index is -2.98. The number of anilines is 2. The van der Waals surface area contributed by atoms with Crippen LogP contribution in [0, 0.1) is 0 Å². The van der Waals surface area contributed by atoms with Crippen molar-refractivity contribution in [1.29, 1.82) is 0 Å². The van der Waals surface area contributed by atoms with E-state index in [4.69, 9.17) is 20.6 Å². The summed E-state index contributed by atoms with van der Waals surface area (Å²) < 4.78 is 26.4. The Hall–Kier alpha value is -2.52. The molecule has 0 amide bonds. The van der Waals surface area contributed by atoms with Gasteiger partial charge in [-0.2, -0.15) is 0 Å². The number of nitrogens with zero attached hydrogens (tertiary/aromatic N) is 2. The van der Waals surface area contributed by atoms with E-state index in [0.717, 1.165) is 33.0 Å². The molecule has 0 atom stereocenters. The van der Waals surface area contributed by atoms with Crippen molar-refractivity contribution in [2.45, 2.75) is 0 Å². The van der Waals surface area contributed by atoms with Crippen LogP contribution in [0.4, 0.5) is 11.4 Å². The van der Waals surface area contributed by atoms with Gasteiger partial charge >= 0.3 is 0 Å². The lowest BCUT2D eigenvalue weighted by Crippen LogP contribution is -2.24. The van der Waals surface area contributed by atoms with Crippen molar-refractivity contribution in [3.63, 3.8) is 0 Å². The van der Waals surface area contributed by atoms with Crippen molar-refractivity contribution >= 4 is 58.0 Å². The molecule has 0 saturated heterocycles. The number of hydrogen-bond donors (Lipinski definition) is 0. The summed E-state index contributed by atoms with van der Waals surface area (Å²) in [5.41, 5.74) is 3.59. The first-order chi connectivity index (χ1) is 16.2. The smallest absolute Gasteiger partial charge is 0.143 e. The van der Waals surface area contributed by atoms with Crippen molar-refractivity contribution in [1.82, 2.24) is 0 Å². The molecule has 0 unspecified atom stereocenters. The summed E-state index contributed by atoms with van der Waals surface area (Å²) in [4.78, 5) is 4.07. The van der Waals surface area contributed by atoms with Crippen molar-refractivity contribution in [2.24, 2.45) is 0 Å². The van der Waals surface area contributed by atoms with E-state index in [1.165, 1.54) is 0 Å². The maximum absolute atomic E-state index is 14.8. The Morgan fingerprint density at radius 2 is 1.09 bits per heavy atom. The van der Waals surface area contributed by atoms with Crippen molar-refractivity contribution in [3.8, 4) is 0 Å². The first kappa shape index (κ1) is 24.6. The highest BCUT2D eigenvalue weighted by molar-refractivity contribution is 8.21. The fraction of sp³-hybridized carbons (Fsp3) is 0.231. The van der Waals surface area contributed by atoms with Gasteiger partial charge in [-0.05, 0) is 79.0 Å². The van der Waals surface area contributed by atoms with Crippen LogP contribution in [0.25, 0.3) is 0 Å². The molecule has 0 fully saturated rings. The molecule has 0 saturated carbocycles. The van der Waals surface area contributed by atoms with E-state index in [0.29, 0.717) is 12.3 Å². The van der Waals surface area contributed by atoms with Crippen LogP contribution in [0.15, 0.2) is 94.2 Å². The Labute approximate surface area is 206 Å². The van der Waals surface area contributed by atoms with Gasteiger partial charge in [0.25, 0.3) is 0 Å². The minimum absolute atomic E-state index is 0.425. The zero-order valence-electron chi connectivity index (χ0n) is 19.9. The lowest BCUT2D eigenvalue weighted by molar-refractivity contribution is 0.587. The number of rotatable bonds is 9. The topological polar surface area (TPSA) is 49.8 Å². The standard InChI is InChI=1S/C26H30N2O3P2S/c1-27(2)21-9-13-23(14-10-21)32(29,24-15-11-22(12-16-24)28(3)4)19-20-33(34,25-7-5-17-30-25)26-8-6-18-31-26/h5-18H,19-20H2,1-4H3. The normalized spacial score (nSPS) is 12.0. The van der Waals surface area contributed by atoms with Crippen LogP contribution >= 0.6 is 13.2 Å². The molecule has 0 N–H and O–H groups in total. The first-order valence-corrected chi connectivity index (χ1v) is 15.9. The quantitative estimate of drug-likeness (QED) is 0.309. The summed E-state index contributed by atoms with van der Waals surface area (Å²) in [6.07, 6.45) is 4.23. The number of furan rings is 2. The van der Waals surface area contributed by atoms with E-state index < -0.39 is 13.2 Å². The molecule has 5 nitrogen and oxygen atoms in total. The van der Waals surface area contributed by atoms with Gasteiger partial charge in [0.1, 0.15) is 18.1 Å². The van der Waals surface area contributed by atoms with Gasteiger partial charge in [0.2, 0.25) is 0 Å². The third-order valence-corrected chi connectivity index (χ3v) is 13.9. The summed E-state index contributed by atoms with van der Waals surface area (Å²) in [6, 6.07) is 21.1. The van der Waals surface area contributed by atoms with Crippen LogP contribution in [0.1, 0.15) is 0 Å². The minimum Gasteiger partial charge on any atom is -0.463 e. The SMILES string of the molecule is CN(C)c1ccc(P(=O)(CCP(=S)(c2ccco2)c2ccco2)c2ccc(N(C)C)cc2)cc1. The summed E-state index contributed by atoms with van der Waals surface area (Å²) in [5, 5.41) is 1.66. The van der Waals surface area contributed by atoms with Crippen molar-refractivity contribution < 1.29 is 13.4 Å². The lowest BCUT2D eigenvalue weighted by atomic mass is 10.3. The maximum atomic E-state index is 14.8. The molecule has 0 spiro atoms. The predicted molar refractivity (Wildman–Crippen MR) is 149 cm³/mol. The number of hydrogen-bond acceptors (Lipinski definition) is 6. The van der Waals surface area contributed by atoms with Crippen LogP contribution in [0.2, 0.25) is 0 Å². The monoisotopic (exact) mass is 512 g/mol. The third-order valence-electron chi connectivity index (χ3n) is 6.02. The molecule has 2 aromatic heterocycles. The molecule has 178 valence electrons. The fourth-order valence-electron chi connectivity index (χ4n) is 3.95. The molecular formula is C26H30N2O3P2S. The zero-order chi connectivity index (χ0) is 24.3. The molecule has 2 heterocycles. The molecule has 0 radical (unpaired) electrons. The zero-order valence-corrected chi connectivity index (χ0v) is 22.5. The van der Waals surface area contributed by atoms with Gasteiger partial charge in [0.15, 0.2) is 0 Å². The van der Waals surface area contributed by atoms with Gasteiger partial charge in [-0.3, -0.25) is 0 Å². The predicted octanol–water partition coefficient (Wildman–Crippen LogP) is 4.45. The fourth-order valence-corrected chi connectivity index (χ4v) is 11.4. The summed E-state index contributed by atoms with van der Waals surface area (Å²) in [5.74, 6) is 0. The average molecular weight is 513 g/mol. The van der Waals surface area contributed by atoms with Gasteiger partial charge in [0, 0.05) is 56.3 Å². The molecule has 0 bridgehead atoms. The molecule has 4 rings (SSSR count). The van der Waals surface area contributed by atoms with Crippen LogP contribution in [0.3, 0.4) is 0 Å². The second-order valence-electron chi connectivity index (χ2n) is 8.65. The third kappa shape index (κ3) is 4.81.